The molecule has 8 nitrogen and oxygen atoms in total. The summed E-state index contributed by atoms with van der Waals surface area (Å²) in [5, 5.41) is 4.86. The summed E-state index contributed by atoms with van der Waals surface area (Å²) in [5.74, 6) is 0.398. The Kier molecular flexibility index (Phi) is 10.1. The second kappa shape index (κ2) is 13.3. The summed E-state index contributed by atoms with van der Waals surface area (Å²) in [4.78, 5) is 12.7. The number of hydrogen-bond donors (Lipinski definition) is 1. The van der Waals surface area contributed by atoms with E-state index in [9.17, 15) is 13.2 Å². The van der Waals surface area contributed by atoms with E-state index in [1.54, 1.807) is 48.5 Å². The van der Waals surface area contributed by atoms with Gasteiger partial charge in [-0.25, -0.2) is 13.8 Å². The number of ether oxygens (including phenoxy) is 2. The number of hydrazone groups is 1. The number of nitrogens with one attached hydrogen (secondary N) is 1. The summed E-state index contributed by atoms with van der Waals surface area (Å²) in [5.41, 5.74) is 3.66. The maximum absolute atomic E-state index is 13.3. The van der Waals surface area contributed by atoms with E-state index in [-0.39, 0.29) is 11.4 Å². The lowest BCUT2D eigenvalue weighted by Crippen LogP contribution is -2.39. The van der Waals surface area contributed by atoms with Gasteiger partial charge in [-0.1, -0.05) is 48.0 Å². The molecule has 37 heavy (non-hydrogen) atoms. The number of carbonyl (C=O) groups is 1. The average Bonchev–Trinajstić information content (AvgIpc) is 2.88. The van der Waals surface area contributed by atoms with E-state index in [0.717, 1.165) is 4.31 Å². The number of nitrogens with zero attached hydrogens (tertiary/aromatic N) is 2. The van der Waals surface area contributed by atoms with Crippen molar-refractivity contribution in [3.63, 3.8) is 0 Å². The van der Waals surface area contributed by atoms with Crippen LogP contribution in [0.5, 0.6) is 11.5 Å². The molecule has 3 aromatic carbocycles. The second-order valence-corrected chi connectivity index (χ2v) is 10.5. The number of sulfonamides is 1. The number of methoxy groups -OCH3 is 1. The normalized spacial score (nSPS) is 11.5. The maximum Gasteiger partial charge on any atom is 0.255 e. The van der Waals surface area contributed by atoms with E-state index in [1.807, 2.05) is 0 Å². The van der Waals surface area contributed by atoms with E-state index in [1.165, 1.54) is 37.6 Å². The molecule has 0 saturated carbocycles. The van der Waals surface area contributed by atoms with Gasteiger partial charge in [0.1, 0.15) is 6.61 Å². The van der Waals surface area contributed by atoms with E-state index in [4.69, 9.17) is 32.7 Å². The summed E-state index contributed by atoms with van der Waals surface area (Å²) in [7, 11) is -2.52. The standard InChI is InChI=1S/C26H25Cl2N3O5S/c1-3-14-36-24-13-6-20(15-25(24)35-2)16-29-30-26(32)18-31(17-19-4-7-21(27)8-5-19)37(33,34)23-11-9-22(28)10-12-23/h3-13,15-16H,1,14,17-18H2,2H3,(H,30,32)/b29-16-. The van der Waals surface area contributed by atoms with Crippen LogP contribution in [-0.4, -0.2) is 45.1 Å². The maximum atomic E-state index is 13.3. The lowest BCUT2D eigenvalue weighted by Gasteiger charge is -2.21. The third-order valence-electron chi connectivity index (χ3n) is 4.99. The fourth-order valence-electron chi connectivity index (χ4n) is 3.18. The number of benzene rings is 3. The molecule has 0 radical (unpaired) electrons. The molecule has 194 valence electrons. The molecule has 0 saturated heterocycles. The van der Waals surface area contributed by atoms with Crippen LogP contribution < -0.4 is 14.9 Å². The predicted octanol–water partition coefficient (Wildman–Crippen LogP) is 4.91. The molecule has 1 amide bonds. The van der Waals surface area contributed by atoms with Crippen molar-refractivity contribution in [2.45, 2.75) is 11.4 Å². The van der Waals surface area contributed by atoms with Gasteiger partial charge in [0, 0.05) is 16.6 Å². The molecule has 0 atom stereocenters. The van der Waals surface area contributed by atoms with Crippen molar-refractivity contribution in [3.8, 4) is 11.5 Å². The Labute approximate surface area is 226 Å². The molecule has 0 bridgehead atoms. The van der Waals surface area contributed by atoms with Gasteiger partial charge in [0.15, 0.2) is 11.5 Å². The highest BCUT2D eigenvalue weighted by atomic mass is 35.5. The number of hydrogen-bond acceptors (Lipinski definition) is 6. The van der Waals surface area contributed by atoms with Crippen molar-refractivity contribution < 1.29 is 22.7 Å². The van der Waals surface area contributed by atoms with Crippen LogP contribution in [0.4, 0.5) is 0 Å². The summed E-state index contributed by atoms with van der Waals surface area (Å²) in [6.07, 6.45) is 3.03. The van der Waals surface area contributed by atoms with Crippen molar-refractivity contribution in [1.82, 2.24) is 9.73 Å². The van der Waals surface area contributed by atoms with Gasteiger partial charge >= 0.3 is 0 Å². The summed E-state index contributed by atoms with van der Waals surface area (Å²) in [6.45, 7) is 3.41. The Morgan fingerprint density at radius 2 is 1.68 bits per heavy atom. The highest BCUT2D eigenvalue weighted by Gasteiger charge is 2.27. The number of halogens is 2. The van der Waals surface area contributed by atoms with Crippen molar-refractivity contribution >= 4 is 45.3 Å². The van der Waals surface area contributed by atoms with Gasteiger partial charge in [0.05, 0.1) is 24.8 Å². The monoisotopic (exact) mass is 561 g/mol. The van der Waals surface area contributed by atoms with Gasteiger partial charge in [-0.2, -0.15) is 9.41 Å². The van der Waals surface area contributed by atoms with Gasteiger partial charge < -0.3 is 9.47 Å². The van der Waals surface area contributed by atoms with Crippen LogP contribution >= 0.6 is 23.2 Å². The number of amides is 1. The Bertz CT molecular complexity index is 1360. The third-order valence-corrected chi connectivity index (χ3v) is 7.30. The zero-order valence-corrected chi connectivity index (χ0v) is 22.3. The van der Waals surface area contributed by atoms with Crippen molar-refractivity contribution in [3.05, 3.63) is 101 Å². The first-order valence-corrected chi connectivity index (χ1v) is 13.2. The smallest absolute Gasteiger partial charge is 0.255 e. The molecule has 0 aromatic heterocycles. The highest BCUT2D eigenvalue weighted by Crippen LogP contribution is 2.27. The predicted molar refractivity (Wildman–Crippen MR) is 145 cm³/mol. The van der Waals surface area contributed by atoms with E-state index < -0.39 is 22.5 Å². The molecule has 1 N–H and O–H groups in total. The molecule has 0 aliphatic carbocycles. The van der Waals surface area contributed by atoms with Gasteiger partial charge in [-0.15, -0.1) is 0 Å². The van der Waals surface area contributed by atoms with Crippen LogP contribution in [0.3, 0.4) is 0 Å². The van der Waals surface area contributed by atoms with E-state index >= 15 is 0 Å². The molecule has 0 spiro atoms. The number of rotatable bonds is 12. The zero-order valence-electron chi connectivity index (χ0n) is 19.9. The molecule has 11 heteroatoms. The van der Waals surface area contributed by atoms with Crippen LogP contribution in [-0.2, 0) is 21.4 Å². The van der Waals surface area contributed by atoms with Crippen molar-refractivity contribution in [2.24, 2.45) is 5.10 Å². The first-order chi connectivity index (χ1) is 17.7. The summed E-state index contributed by atoms with van der Waals surface area (Å²) in [6, 6.07) is 17.5. The molecular weight excluding hydrogens is 537 g/mol. The largest absolute Gasteiger partial charge is 0.493 e. The first-order valence-electron chi connectivity index (χ1n) is 11.0. The van der Waals surface area contributed by atoms with Gasteiger partial charge in [-0.05, 0) is 65.7 Å². The van der Waals surface area contributed by atoms with Crippen LogP contribution in [0, 0.1) is 0 Å². The fraction of sp³-hybridized carbons (Fsp3) is 0.154. The molecule has 0 aliphatic heterocycles. The molecule has 0 fully saturated rings. The van der Waals surface area contributed by atoms with Crippen LogP contribution in [0.1, 0.15) is 11.1 Å². The zero-order chi connectivity index (χ0) is 26.8. The minimum Gasteiger partial charge on any atom is -0.493 e. The van der Waals surface area contributed by atoms with Crippen LogP contribution in [0.2, 0.25) is 10.0 Å². The van der Waals surface area contributed by atoms with Crippen LogP contribution in [0.25, 0.3) is 0 Å². The molecular formula is C26H25Cl2N3O5S. The van der Waals surface area contributed by atoms with Crippen molar-refractivity contribution in [1.29, 1.82) is 0 Å². The Morgan fingerprint density at radius 1 is 1.03 bits per heavy atom. The first kappa shape index (κ1) is 28.2. The van der Waals surface area contributed by atoms with Gasteiger partial charge in [0.25, 0.3) is 5.91 Å². The minimum absolute atomic E-state index is 0.00743. The van der Waals surface area contributed by atoms with Crippen molar-refractivity contribution in [2.75, 3.05) is 20.3 Å². The quantitative estimate of drug-likeness (QED) is 0.192. The average molecular weight is 562 g/mol. The summed E-state index contributed by atoms with van der Waals surface area (Å²) < 4.78 is 38.5. The second-order valence-electron chi connectivity index (χ2n) is 7.66. The van der Waals surface area contributed by atoms with Gasteiger partial charge in [0.2, 0.25) is 10.0 Å². The molecule has 0 unspecified atom stereocenters. The minimum atomic E-state index is -4.03. The lowest BCUT2D eigenvalue weighted by molar-refractivity contribution is -0.121. The highest BCUT2D eigenvalue weighted by molar-refractivity contribution is 7.89. The van der Waals surface area contributed by atoms with E-state index in [2.05, 4.69) is 17.1 Å². The summed E-state index contributed by atoms with van der Waals surface area (Å²) >= 11 is 11.9. The van der Waals surface area contributed by atoms with E-state index in [0.29, 0.717) is 39.3 Å². The molecule has 3 rings (SSSR count). The van der Waals surface area contributed by atoms with Crippen LogP contribution in [0.15, 0.2) is 89.4 Å². The molecule has 0 aliphatic rings. The fourth-order valence-corrected chi connectivity index (χ4v) is 4.82. The molecule has 3 aromatic rings. The topological polar surface area (TPSA) is 97.3 Å². The SMILES string of the molecule is C=CCOc1ccc(/C=N\NC(=O)CN(Cc2ccc(Cl)cc2)S(=O)(=O)c2ccc(Cl)cc2)cc1OC. The number of carbonyl (C=O) groups excluding carboxylic acids is 1. The molecule has 0 heterocycles. The Hall–Kier alpha value is -3.37. The van der Waals surface area contributed by atoms with Gasteiger partial charge in [-0.3, -0.25) is 4.79 Å². The Balaban J connectivity index is 1.75. The third kappa shape index (κ3) is 8.06. The Morgan fingerprint density at radius 3 is 2.30 bits per heavy atom. The lowest BCUT2D eigenvalue weighted by atomic mass is 10.2.